The van der Waals surface area contributed by atoms with Gasteiger partial charge in [0.25, 0.3) is 0 Å². The molecule has 3 heteroatoms. The maximum absolute atomic E-state index is 13.1. The van der Waals surface area contributed by atoms with Crippen LogP contribution in [0, 0.1) is 23.6 Å². The smallest absolute Gasteiger partial charge is 0.124 e. The first-order chi connectivity index (χ1) is 8.70. The van der Waals surface area contributed by atoms with E-state index in [0.29, 0.717) is 6.04 Å². The number of hydrogen-bond acceptors (Lipinski definition) is 1. The average Bonchev–Trinajstić information content (AvgIpc) is 2.82. The lowest BCUT2D eigenvalue weighted by molar-refractivity contribution is 0.428. The molecule has 0 saturated heterocycles. The highest BCUT2D eigenvalue weighted by Gasteiger charge is 2.55. The van der Waals surface area contributed by atoms with Crippen molar-refractivity contribution in [1.82, 2.24) is 5.32 Å². The lowest BCUT2D eigenvalue weighted by Gasteiger charge is -2.19. The molecule has 0 bridgehead atoms. The predicted octanol–water partition coefficient (Wildman–Crippen LogP) is 3.76. The molecular formula is C15H19BrFN. The van der Waals surface area contributed by atoms with E-state index in [1.807, 2.05) is 6.07 Å². The standard InChI is InChI=1S/C15H19BrFN/c1-18-14(15-11-3-2-4-12(11)15)7-9-5-6-10(17)8-13(9)16/h5-6,8,11-12,14-15,18H,2-4,7H2,1H3. The third-order valence-electron chi connectivity index (χ3n) is 4.76. The van der Waals surface area contributed by atoms with Crippen molar-refractivity contribution in [2.24, 2.45) is 17.8 Å². The van der Waals surface area contributed by atoms with Gasteiger partial charge in [-0.3, -0.25) is 0 Å². The molecule has 2 fully saturated rings. The molecule has 2 saturated carbocycles. The van der Waals surface area contributed by atoms with E-state index >= 15 is 0 Å². The Labute approximate surface area is 116 Å². The van der Waals surface area contributed by atoms with Crippen LogP contribution >= 0.6 is 15.9 Å². The molecule has 18 heavy (non-hydrogen) atoms. The van der Waals surface area contributed by atoms with Gasteiger partial charge in [-0.1, -0.05) is 28.4 Å². The fourth-order valence-electron chi connectivity index (χ4n) is 3.83. The number of likely N-dealkylation sites (N-methyl/N-ethyl adjacent to an activating group) is 1. The Morgan fingerprint density at radius 3 is 2.72 bits per heavy atom. The van der Waals surface area contributed by atoms with Crippen molar-refractivity contribution >= 4 is 15.9 Å². The Morgan fingerprint density at radius 1 is 1.39 bits per heavy atom. The molecule has 0 amide bonds. The van der Waals surface area contributed by atoms with Crippen LogP contribution in [0.25, 0.3) is 0 Å². The second-order valence-corrected chi connectivity index (χ2v) is 6.53. The summed E-state index contributed by atoms with van der Waals surface area (Å²) in [6, 6.07) is 5.57. The highest BCUT2D eigenvalue weighted by molar-refractivity contribution is 9.10. The summed E-state index contributed by atoms with van der Waals surface area (Å²) in [5.74, 6) is 2.60. The predicted molar refractivity (Wildman–Crippen MR) is 75.0 cm³/mol. The zero-order valence-corrected chi connectivity index (χ0v) is 12.2. The number of benzene rings is 1. The summed E-state index contributed by atoms with van der Waals surface area (Å²) in [4.78, 5) is 0. The normalized spacial score (nSPS) is 31.2. The summed E-state index contributed by atoms with van der Waals surface area (Å²) in [6.07, 6.45) is 5.24. The van der Waals surface area contributed by atoms with Crippen LogP contribution in [0.4, 0.5) is 4.39 Å². The fourth-order valence-corrected chi connectivity index (χ4v) is 4.34. The topological polar surface area (TPSA) is 12.0 Å². The van der Waals surface area contributed by atoms with Crippen molar-refractivity contribution in [3.05, 3.63) is 34.1 Å². The second kappa shape index (κ2) is 4.93. The largest absolute Gasteiger partial charge is 0.316 e. The van der Waals surface area contributed by atoms with Crippen molar-refractivity contribution in [2.45, 2.75) is 31.7 Å². The highest BCUT2D eigenvalue weighted by Crippen LogP contribution is 2.59. The van der Waals surface area contributed by atoms with Gasteiger partial charge in [0.05, 0.1) is 0 Å². The molecule has 0 spiro atoms. The molecular weight excluding hydrogens is 293 g/mol. The monoisotopic (exact) mass is 311 g/mol. The summed E-state index contributed by atoms with van der Waals surface area (Å²) in [5, 5.41) is 3.47. The van der Waals surface area contributed by atoms with Crippen molar-refractivity contribution in [3.63, 3.8) is 0 Å². The van der Waals surface area contributed by atoms with Gasteiger partial charge < -0.3 is 5.32 Å². The fraction of sp³-hybridized carbons (Fsp3) is 0.600. The van der Waals surface area contributed by atoms with Crippen LogP contribution in [0.5, 0.6) is 0 Å². The molecule has 1 aromatic carbocycles. The van der Waals surface area contributed by atoms with Gasteiger partial charge in [-0.2, -0.15) is 0 Å². The number of nitrogens with one attached hydrogen (secondary N) is 1. The molecule has 3 unspecified atom stereocenters. The molecule has 3 rings (SSSR count). The van der Waals surface area contributed by atoms with Gasteiger partial charge in [-0.25, -0.2) is 4.39 Å². The zero-order valence-electron chi connectivity index (χ0n) is 10.6. The molecule has 0 heterocycles. The molecule has 0 aromatic heterocycles. The van der Waals surface area contributed by atoms with Gasteiger partial charge in [-0.15, -0.1) is 0 Å². The van der Waals surface area contributed by atoms with Crippen LogP contribution in [0.2, 0.25) is 0 Å². The highest BCUT2D eigenvalue weighted by atomic mass is 79.9. The Balaban J connectivity index is 1.70. The van der Waals surface area contributed by atoms with E-state index in [-0.39, 0.29) is 5.82 Å². The average molecular weight is 312 g/mol. The van der Waals surface area contributed by atoms with Crippen LogP contribution < -0.4 is 5.32 Å². The third kappa shape index (κ3) is 2.23. The molecule has 1 aromatic rings. The summed E-state index contributed by atoms with van der Waals surface area (Å²) in [5.41, 5.74) is 1.21. The molecule has 0 aliphatic heterocycles. The Hall–Kier alpha value is -0.410. The van der Waals surface area contributed by atoms with Gasteiger partial charge in [0.15, 0.2) is 0 Å². The molecule has 1 N–H and O–H groups in total. The van der Waals surface area contributed by atoms with Gasteiger partial charge in [-0.05, 0) is 61.8 Å². The van der Waals surface area contributed by atoms with Gasteiger partial charge in [0, 0.05) is 10.5 Å². The first-order valence-corrected chi connectivity index (χ1v) is 7.61. The van der Waals surface area contributed by atoms with E-state index in [9.17, 15) is 4.39 Å². The Kier molecular flexibility index (Phi) is 3.46. The van der Waals surface area contributed by atoms with Gasteiger partial charge in [0.1, 0.15) is 5.82 Å². The molecule has 0 radical (unpaired) electrons. The van der Waals surface area contributed by atoms with E-state index < -0.39 is 0 Å². The van der Waals surface area contributed by atoms with Crippen LogP contribution in [0.3, 0.4) is 0 Å². The van der Waals surface area contributed by atoms with E-state index in [1.54, 1.807) is 12.1 Å². The summed E-state index contributed by atoms with van der Waals surface area (Å²) < 4.78 is 14.0. The molecule has 2 aliphatic rings. The maximum atomic E-state index is 13.1. The lowest BCUT2D eigenvalue weighted by atomic mass is 9.97. The summed E-state index contributed by atoms with van der Waals surface area (Å²) in [7, 11) is 2.05. The number of rotatable bonds is 4. The molecule has 1 nitrogen and oxygen atoms in total. The quantitative estimate of drug-likeness (QED) is 0.892. The molecule has 2 aliphatic carbocycles. The van der Waals surface area contributed by atoms with E-state index in [2.05, 4.69) is 28.3 Å². The van der Waals surface area contributed by atoms with E-state index in [4.69, 9.17) is 0 Å². The van der Waals surface area contributed by atoms with Gasteiger partial charge in [0.2, 0.25) is 0 Å². The van der Waals surface area contributed by atoms with Crippen molar-refractivity contribution in [2.75, 3.05) is 7.05 Å². The maximum Gasteiger partial charge on any atom is 0.124 e. The van der Waals surface area contributed by atoms with Crippen LogP contribution in [-0.2, 0) is 6.42 Å². The van der Waals surface area contributed by atoms with Crippen molar-refractivity contribution in [1.29, 1.82) is 0 Å². The minimum Gasteiger partial charge on any atom is -0.316 e. The third-order valence-corrected chi connectivity index (χ3v) is 5.50. The number of fused-ring (bicyclic) bond motifs is 1. The Bertz CT molecular complexity index is 438. The lowest BCUT2D eigenvalue weighted by Crippen LogP contribution is -2.31. The summed E-state index contributed by atoms with van der Waals surface area (Å²) in [6.45, 7) is 0. The number of hydrogen-bond donors (Lipinski definition) is 1. The van der Waals surface area contributed by atoms with Crippen molar-refractivity contribution in [3.8, 4) is 0 Å². The zero-order chi connectivity index (χ0) is 12.7. The first-order valence-electron chi connectivity index (χ1n) is 6.82. The van der Waals surface area contributed by atoms with Crippen LogP contribution in [-0.4, -0.2) is 13.1 Å². The van der Waals surface area contributed by atoms with Crippen molar-refractivity contribution < 1.29 is 4.39 Å². The number of halogens is 2. The van der Waals surface area contributed by atoms with Crippen LogP contribution in [0.15, 0.2) is 22.7 Å². The van der Waals surface area contributed by atoms with Crippen LogP contribution in [0.1, 0.15) is 24.8 Å². The second-order valence-electron chi connectivity index (χ2n) is 5.67. The molecule has 3 atom stereocenters. The Morgan fingerprint density at radius 2 is 2.11 bits per heavy atom. The summed E-state index contributed by atoms with van der Waals surface area (Å²) >= 11 is 3.47. The van der Waals surface area contributed by atoms with E-state index in [1.165, 1.54) is 24.8 Å². The minimum absolute atomic E-state index is 0.171. The SMILES string of the molecule is CNC(Cc1ccc(F)cc1Br)C1C2CCCC21. The van der Waals surface area contributed by atoms with Gasteiger partial charge >= 0.3 is 0 Å². The first kappa shape index (κ1) is 12.6. The molecule has 98 valence electrons. The van der Waals surface area contributed by atoms with E-state index in [0.717, 1.165) is 28.6 Å². The minimum atomic E-state index is -0.171.